The van der Waals surface area contributed by atoms with Gasteiger partial charge in [0.25, 0.3) is 0 Å². The molecule has 2 aliphatic rings. The van der Waals surface area contributed by atoms with Crippen molar-refractivity contribution in [2.45, 2.75) is 51.1 Å². The highest BCUT2D eigenvalue weighted by atomic mass is 35.5. The van der Waals surface area contributed by atoms with Gasteiger partial charge >= 0.3 is 6.03 Å². The second-order valence-electron chi connectivity index (χ2n) is 8.66. The highest BCUT2D eigenvalue weighted by molar-refractivity contribution is 6.30. The fourth-order valence-corrected chi connectivity index (χ4v) is 4.43. The fraction of sp³-hybridized carbons (Fsp3) is 0.565. The topological polar surface area (TPSA) is 104 Å². The highest BCUT2D eigenvalue weighted by Gasteiger charge is 2.23. The van der Waals surface area contributed by atoms with Crippen LogP contribution in [0.3, 0.4) is 0 Å². The van der Waals surface area contributed by atoms with Crippen LogP contribution >= 0.6 is 11.6 Å². The number of hydrogen-bond acceptors (Lipinski definition) is 6. The van der Waals surface area contributed by atoms with Crippen molar-refractivity contribution in [2.24, 2.45) is 0 Å². The van der Waals surface area contributed by atoms with Gasteiger partial charge in [0.05, 0.1) is 6.54 Å². The number of piperazine rings is 1. The van der Waals surface area contributed by atoms with Crippen LogP contribution in [-0.4, -0.2) is 70.6 Å². The summed E-state index contributed by atoms with van der Waals surface area (Å²) in [5.41, 5.74) is 0.853. The minimum atomic E-state index is -0.169. The van der Waals surface area contributed by atoms with Crippen LogP contribution in [0.5, 0.6) is 0 Å². The Morgan fingerprint density at radius 1 is 1.06 bits per heavy atom. The Morgan fingerprint density at radius 2 is 1.79 bits per heavy atom. The van der Waals surface area contributed by atoms with E-state index < -0.39 is 0 Å². The number of aromatic nitrogens is 2. The van der Waals surface area contributed by atoms with Crippen LogP contribution in [0.25, 0.3) is 11.4 Å². The van der Waals surface area contributed by atoms with Gasteiger partial charge in [-0.3, -0.25) is 9.69 Å². The van der Waals surface area contributed by atoms with E-state index >= 15 is 0 Å². The molecule has 0 radical (unpaired) electrons. The maximum atomic E-state index is 12.5. The first-order valence-corrected chi connectivity index (χ1v) is 12.1. The van der Waals surface area contributed by atoms with Crippen molar-refractivity contribution in [1.82, 2.24) is 30.6 Å². The molecule has 1 saturated carbocycles. The van der Waals surface area contributed by atoms with Gasteiger partial charge in [0.1, 0.15) is 0 Å². The molecule has 9 nitrogen and oxygen atoms in total. The third-order valence-corrected chi connectivity index (χ3v) is 6.47. The van der Waals surface area contributed by atoms with Crippen LogP contribution in [-0.2, 0) is 11.3 Å². The molecule has 2 N–H and O–H groups in total. The Balaban J connectivity index is 1.14. The first-order valence-electron chi connectivity index (χ1n) is 11.7. The lowest BCUT2D eigenvalue weighted by Crippen LogP contribution is -2.49. The summed E-state index contributed by atoms with van der Waals surface area (Å²) in [5.74, 6) is 1.15. The molecule has 33 heavy (non-hydrogen) atoms. The molecule has 0 spiro atoms. The van der Waals surface area contributed by atoms with E-state index in [9.17, 15) is 9.59 Å². The Labute approximate surface area is 198 Å². The van der Waals surface area contributed by atoms with Gasteiger partial charge in [-0.15, -0.1) is 0 Å². The van der Waals surface area contributed by atoms with Gasteiger partial charge in [0, 0.05) is 55.8 Å². The van der Waals surface area contributed by atoms with Gasteiger partial charge in [0.15, 0.2) is 0 Å². The summed E-state index contributed by atoms with van der Waals surface area (Å²) in [6.45, 7) is 3.66. The van der Waals surface area contributed by atoms with E-state index in [2.05, 4.69) is 25.7 Å². The molecule has 0 bridgehead atoms. The Kier molecular flexibility index (Phi) is 8.17. The maximum absolute atomic E-state index is 12.5. The van der Waals surface area contributed by atoms with Gasteiger partial charge in [0.2, 0.25) is 17.6 Å². The molecule has 2 heterocycles. The molecular formula is C23H31ClN6O3. The van der Waals surface area contributed by atoms with E-state index in [4.69, 9.17) is 16.1 Å². The minimum absolute atomic E-state index is 0.0652. The predicted octanol–water partition coefficient (Wildman–Crippen LogP) is 3.06. The highest BCUT2D eigenvalue weighted by Crippen LogP contribution is 2.19. The maximum Gasteiger partial charge on any atom is 0.315 e. The van der Waals surface area contributed by atoms with Crippen LogP contribution in [0.15, 0.2) is 28.8 Å². The SMILES string of the molecule is O=C(NCCC(=O)N1CCN(Cc2nc(-c3ccc(Cl)cc3)no2)CC1)NC1CCCCC1. The smallest absolute Gasteiger partial charge is 0.315 e. The van der Waals surface area contributed by atoms with Crippen molar-refractivity contribution in [3.63, 3.8) is 0 Å². The molecule has 2 aromatic rings. The van der Waals surface area contributed by atoms with Gasteiger partial charge in [-0.1, -0.05) is 36.0 Å². The number of carbonyl (C=O) groups is 2. The monoisotopic (exact) mass is 474 g/mol. The van der Waals surface area contributed by atoms with Crippen LogP contribution in [0.2, 0.25) is 5.02 Å². The second-order valence-corrected chi connectivity index (χ2v) is 9.10. The number of benzene rings is 1. The zero-order chi connectivity index (χ0) is 23.0. The van der Waals surface area contributed by atoms with Crippen LogP contribution in [0, 0.1) is 0 Å². The predicted molar refractivity (Wildman–Crippen MR) is 125 cm³/mol. The number of nitrogens with zero attached hydrogens (tertiary/aromatic N) is 4. The number of carbonyl (C=O) groups excluding carboxylic acids is 2. The molecule has 4 rings (SSSR count). The molecule has 1 aliphatic heterocycles. The second kappa shape index (κ2) is 11.5. The number of hydrogen-bond donors (Lipinski definition) is 2. The number of urea groups is 1. The summed E-state index contributed by atoms with van der Waals surface area (Å²) < 4.78 is 5.39. The van der Waals surface area contributed by atoms with Crippen LogP contribution < -0.4 is 10.6 Å². The summed E-state index contributed by atoms with van der Waals surface area (Å²) in [6, 6.07) is 7.40. The third-order valence-electron chi connectivity index (χ3n) is 6.22. The summed E-state index contributed by atoms with van der Waals surface area (Å²) in [7, 11) is 0. The molecular weight excluding hydrogens is 444 g/mol. The zero-order valence-corrected chi connectivity index (χ0v) is 19.5. The molecule has 178 valence electrons. The van der Waals surface area contributed by atoms with Gasteiger partial charge in [-0.05, 0) is 37.1 Å². The largest absolute Gasteiger partial charge is 0.340 e. The van der Waals surface area contributed by atoms with Gasteiger partial charge < -0.3 is 20.1 Å². The van der Waals surface area contributed by atoms with Crippen molar-refractivity contribution < 1.29 is 14.1 Å². The van der Waals surface area contributed by atoms with Crippen molar-refractivity contribution in [1.29, 1.82) is 0 Å². The first kappa shape index (κ1) is 23.5. The van der Waals surface area contributed by atoms with E-state index in [1.165, 1.54) is 19.3 Å². The van der Waals surface area contributed by atoms with E-state index in [-0.39, 0.29) is 18.0 Å². The van der Waals surface area contributed by atoms with Gasteiger partial charge in [-0.2, -0.15) is 4.98 Å². The van der Waals surface area contributed by atoms with Crippen molar-refractivity contribution in [3.05, 3.63) is 35.2 Å². The van der Waals surface area contributed by atoms with Crippen LogP contribution in [0.4, 0.5) is 4.79 Å². The molecule has 1 saturated heterocycles. The summed E-state index contributed by atoms with van der Waals surface area (Å²) in [6.07, 6.45) is 6.00. The average Bonchev–Trinajstić information content (AvgIpc) is 3.29. The first-order chi connectivity index (χ1) is 16.1. The lowest BCUT2D eigenvalue weighted by molar-refractivity contribution is -0.132. The molecule has 0 unspecified atom stereocenters. The summed E-state index contributed by atoms with van der Waals surface area (Å²) in [4.78, 5) is 33.0. The standard InChI is InChI=1S/C23H31ClN6O3/c24-18-8-6-17(7-9-18)22-27-20(33-28-22)16-29-12-14-30(15-13-29)21(31)10-11-25-23(32)26-19-4-2-1-3-5-19/h6-9,19H,1-5,10-16H2,(H2,25,26,32). The number of amides is 3. The molecule has 0 atom stereocenters. The number of halogens is 1. The molecule has 3 amide bonds. The Hall–Kier alpha value is -2.65. The average molecular weight is 475 g/mol. The minimum Gasteiger partial charge on any atom is -0.340 e. The van der Waals surface area contributed by atoms with Crippen molar-refractivity contribution in [2.75, 3.05) is 32.7 Å². The Bertz CT molecular complexity index is 921. The lowest BCUT2D eigenvalue weighted by atomic mass is 9.96. The van der Waals surface area contributed by atoms with Crippen molar-refractivity contribution in [3.8, 4) is 11.4 Å². The normalized spacial score (nSPS) is 17.7. The molecule has 2 fully saturated rings. The molecule has 1 aromatic heterocycles. The van der Waals surface area contributed by atoms with E-state index in [0.29, 0.717) is 49.3 Å². The van der Waals surface area contributed by atoms with Gasteiger partial charge in [-0.25, -0.2) is 4.79 Å². The Morgan fingerprint density at radius 3 is 2.52 bits per heavy atom. The number of rotatable bonds is 7. The summed E-state index contributed by atoms with van der Waals surface area (Å²) >= 11 is 5.92. The van der Waals surface area contributed by atoms with Crippen molar-refractivity contribution >= 4 is 23.5 Å². The zero-order valence-electron chi connectivity index (χ0n) is 18.8. The fourth-order valence-electron chi connectivity index (χ4n) is 4.31. The molecule has 10 heteroatoms. The third kappa shape index (κ3) is 6.91. The van der Waals surface area contributed by atoms with E-state index in [1.54, 1.807) is 12.1 Å². The number of nitrogens with one attached hydrogen (secondary N) is 2. The molecule has 1 aromatic carbocycles. The summed E-state index contributed by atoms with van der Waals surface area (Å²) in [5, 5.41) is 10.5. The van der Waals surface area contributed by atoms with E-state index in [0.717, 1.165) is 31.5 Å². The lowest BCUT2D eigenvalue weighted by Gasteiger charge is -2.34. The quantitative estimate of drug-likeness (QED) is 0.639. The molecule has 1 aliphatic carbocycles. The van der Waals surface area contributed by atoms with Crippen LogP contribution in [0.1, 0.15) is 44.4 Å². The van der Waals surface area contributed by atoms with E-state index in [1.807, 2.05) is 17.0 Å².